The lowest BCUT2D eigenvalue weighted by Gasteiger charge is -2.42. The summed E-state index contributed by atoms with van der Waals surface area (Å²) in [5.41, 5.74) is 3.93. The third-order valence-corrected chi connectivity index (χ3v) is 6.33. The predicted molar refractivity (Wildman–Crippen MR) is 109 cm³/mol. The minimum atomic E-state index is -1.04. The van der Waals surface area contributed by atoms with Crippen LogP contribution in [-0.2, 0) is 22.0 Å². The van der Waals surface area contributed by atoms with Gasteiger partial charge in [-0.2, -0.15) is 0 Å². The lowest BCUT2D eigenvalue weighted by molar-refractivity contribution is -0.136. The molecule has 0 spiro atoms. The highest BCUT2D eigenvalue weighted by Crippen LogP contribution is 2.46. The van der Waals surface area contributed by atoms with E-state index < -0.39 is 11.8 Å². The molecule has 0 saturated carbocycles. The van der Waals surface area contributed by atoms with Crippen molar-refractivity contribution in [1.29, 1.82) is 0 Å². The summed E-state index contributed by atoms with van der Waals surface area (Å²) in [7, 11) is 0. The summed E-state index contributed by atoms with van der Waals surface area (Å²) in [4.78, 5) is 11.8. The fourth-order valence-electron chi connectivity index (χ4n) is 3.67. The molecular weight excluding hydrogens is 361 g/mol. The van der Waals surface area contributed by atoms with Gasteiger partial charge in [0.2, 0.25) is 0 Å². The van der Waals surface area contributed by atoms with Crippen LogP contribution in [0, 0.1) is 5.82 Å². The second-order valence-electron chi connectivity index (χ2n) is 8.56. The Morgan fingerprint density at radius 2 is 1.74 bits per heavy atom. The van der Waals surface area contributed by atoms with Crippen LogP contribution < -0.4 is 4.72 Å². The van der Waals surface area contributed by atoms with E-state index in [0.717, 1.165) is 11.3 Å². The monoisotopic (exact) mass is 387 g/mol. The van der Waals surface area contributed by atoms with E-state index in [2.05, 4.69) is 50.6 Å². The minimum Gasteiger partial charge on any atom is -0.481 e. The van der Waals surface area contributed by atoms with Crippen molar-refractivity contribution in [2.45, 2.75) is 62.7 Å². The fourth-order valence-corrected chi connectivity index (χ4v) is 4.34. The Balaban J connectivity index is 1.78. The van der Waals surface area contributed by atoms with Gasteiger partial charge in [0.25, 0.3) is 0 Å². The maximum atomic E-state index is 14.0. The molecule has 0 saturated heterocycles. The van der Waals surface area contributed by atoms with Gasteiger partial charge in [-0.3, -0.25) is 4.79 Å². The van der Waals surface area contributed by atoms with E-state index in [4.69, 9.17) is 5.11 Å². The molecule has 1 aliphatic rings. The van der Waals surface area contributed by atoms with E-state index in [9.17, 15) is 9.18 Å². The van der Waals surface area contributed by atoms with Crippen LogP contribution in [-0.4, -0.2) is 11.1 Å². The number of anilines is 1. The average molecular weight is 388 g/mol. The number of fused-ring (bicyclic) bond motifs is 1. The second kappa shape index (κ2) is 7.19. The molecule has 1 aliphatic carbocycles. The SMILES string of the molecule is CC1(C)CCC(C)(C)c2cc(SNc3ccc(CC(=O)O)c(F)c3)ccc21. The Morgan fingerprint density at radius 3 is 2.37 bits per heavy atom. The van der Waals surface area contributed by atoms with Crippen LogP contribution in [0.2, 0.25) is 0 Å². The molecule has 2 aromatic rings. The zero-order valence-corrected chi connectivity index (χ0v) is 17.0. The molecule has 144 valence electrons. The Hall–Kier alpha value is -2.01. The van der Waals surface area contributed by atoms with Crippen LogP contribution >= 0.6 is 11.9 Å². The van der Waals surface area contributed by atoms with Gasteiger partial charge in [0, 0.05) is 10.6 Å². The van der Waals surface area contributed by atoms with E-state index in [1.807, 2.05) is 0 Å². The predicted octanol–water partition coefficient (Wildman–Crippen LogP) is 5.92. The number of hydrogen-bond donors (Lipinski definition) is 2. The Bertz CT molecular complexity index is 877. The van der Waals surface area contributed by atoms with Gasteiger partial charge in [-0.15, -0.1) is 0 Å². The first kappa shape index (κ1) is 19.7. The molecule has 0 fully saturated rings. The smallest absolute Gasteiger partial charge is 0.307 e. The summed E-state index contributed by atoms with van der Waals surface area (Å²) in [5.74, 6) is -1.54. The van der Waals surface area contributed by atoms with Crippen molar-refractivity contribution in [2.75, 3.05) is 4.72 Å². The Kier molecular flexibility index (Phi) is 5.26. The lowest BCUT2D eigenvalue weighted by atomic mass is 9.63. The van der Waals surface area contributed by atoms with Crippen LogP contribution in [0.4, 0.5) is 10.1 Å². The number of aliphatic carboxylic acids is 1. The first-order valence-electron chi connectivity index (χ1n) is 9.17. The highest BCUT2D eigenvalue weighted by Gasteiger charge is 2.36. The molecule has 5 heteroatoms. The Morgan fingerprint density at radius 1 is 1.07 bits per heavy atom. The van der Waals surface area contributed by atoms with E-state index >= 15 is 0 Å². The maximum absolute atomic E-state index is 14.0. The molecule has 0 radical (unpaired) electrons. The molecular formula is C22H26FNO2S. The number of carboxylic acid groups (broad SMARTS) is 1. The van der Waals surface area contributed by atoms with E-state index in [1.165, 1.54) is 41.6 Å². The van der Waals surface area contributed by atoms with Crippen molar-refractivity contribution < 1.29 is 14.3 Å². The van der Waals surface area contributed by atoms with Crippen LogP contribution in [0.1, 0.15) is 57.2 Å². The van der Waals surface area contributed by atoms with E-state index in [1.54, 1.807) is 6.07 Å². The lowest BCUT2D eigenvalue weighted by Crippen LogP contribution is -2.33. The van der Waals surface area contributed by atoms with Gasteiger partial charge >= 0.3 is 5.97 Å². The number of carbonyl (C=O) groups is 1. The van der Waals surface area contributed by atoms with Crippen molar-refractivity contribution in [3.05, 3.63) is 58.9 Å². The number of hydrogen-bond acceptors (Lipinski definition) is 3. The molecule has 3 rings (SSSR count). The largest absolute Gasteiger partial charge is 0.481 e. The van der Waals surface area contributed by atoms with Gasteiger partial charge in [-0.1, -0.05) is 39.8 Å². The third kappa shape index (κ3) is 4.29. The standard InChI is InChI=1S/C22H26FNO2S/c1-21(2)9-10-22(3,4)18-13-16(7-8-17(18)21)27-24-15-6-5-14(11-20(25)26)19(23)12-15/h5-8,12-13,24H,9-11H2,1-4H3,(H,25,26). The second-order valence-corrected chi connectivity index (χ2v) is 9.44. The molecule has 3 nitrogen and oxygen atoms in total. The summed E-state index contributed by atoms with van der Waals surface area (Å²) < 4.78 is 17.2. The molecule has 0 bridgehead atoms. The van der Waals surface area contributed by atoms with Gasteiger partial charge in [0.15, 0.2) is 0 Å². The molecule has 0 aromatic heterocycles. The first-order valence-corrected chi connectivity index (χ1v) is 9.98. The molecule has 2 N–H and O–H groups in total. The summed E-state index contributed by atoms with van der Waals surface area (Å²) in [6.07, 6.45) is 2.03. The third-order valence-electron chi connectivity index (χ3n) is 5.51. The van der Waals surface area contributed by atoms with Gasteiger partial charge in [0.1, 0.15) is 5.82 Å². The van der Waals surface area contributed by atoms with Crippen molar-refractivity contribution in [2.24, 2.45) is 0 Å². The number of carboxylic acids is 1. The van der Waals surface area contributed by atoms with Crippen molar-refractivity contribution in [3.63, 3.8) is 0 Å². The van der Waals surface area contributed by atoms with Gasteiger partial charge in [-0.25, -0.2) is 4.39 Å². The van der Waals surface area contributed by atoms with Crippen molar-refractivity contribution in [1.82, 2.24) is 0 Å². The summed E-state index contributed by atoms with van der Waals surface area (Å²) in [6, 6.07) is 11.1. The summed E-state index contributed by atoms with van der Waals surface area (Å²) >= 11 is 1.44. The van der Waals surface area contributed by atoms with Crippen LogP contribution in [0.3, 0.4) is 0 Å². The number of nitrogens with one attached hydrogen (secondary N) is 1. The van der Waals surface area contributed by atoms with Gasteiger partial charge in [0.05, 0.1) is 6.42 Å². The normalized spacial score (nSPS) is 17.2. The summed E-state index contributed by atoms with van der Waals surface area (Å²) in [6.45, 7) is 9.18. The molecule has 0 unspecified atom stereocenters. The van der Waals surface area contributed by atoms with Crippen LogP contribution in [0.5, 0.6) is 0 Å². The zero-order valence-electron chi connectivity index (χ0n) is 16.2. The molecule has 27 heavy (non-hydrogen) atoms. The van der Waals surface area contributed by atoms with Crippen molar-refractivity contribution >= 4 is 23.6 Å². The molecule has 0 aliphatic heterocycles. The Labute approximate surface area is 164 Å². The number of halogens is 1. The highest BCUT2D eigenvalue weighted by atomic mass is 32.2. The average Bonchev–Trinajstić information content (AvgIpc) is 2.59. The molecule has 0 amide bonds. The van der Waals surface area contributed by atoms with Crippen molar-refractivity contribution in [3.8, 4) is 0 Å². The van der Waals surface area contributed by atoms with E-state index in [0.29, 0.717) is 5.69 Å². The topological polar surface area (TPSA) is 49.3 Å². The molecule has 0 atom stereocenters. The van der Waals surface area contributed by atoms with E-state index in [-0.39, 0.29) is 22.8 Å². The van der Waals surface area contributed by atoms with Gasteiger partial charge < -0.3 is 9.83 Å². The van der Waals surface area contributed by atoms with Crippen LogP contribution in [0.15, 0.2) is 41.3 Å². The fraction of sp³-hybridized carbons (Fsp3) is 0.409. The summed E-state index contributed by atoms with van der Waals surface area (Å²) in [5, 5.41) is 8.80. The van der Waals surface area contributed by atoms with Gasteiger partial charge in [-0.05, 0) is 76.6 Å². The molecule has 2 aromatic carbocycles. The quantitative estimate of drug-likeness (QED) is 0.625. The molecule has 0 heterocycles. The zero-order chi connectivity index (χ0) is 19.8. The number of rotatable bonds is 5. The van der Waals surface area contributed by atoms with Crippen LogP contribution in [0.25, 0.3) is 0 Å². The first-order chi connectivity index (χ1) is 12.6. The minimum absolute atomic E-state index is 0.145. The maximum Gasteiger partial charge on any atom is 0.307 e. The number of benzene rings is 2. The highest BCUT2D eigenvalue weighted by molar-refractivity contribution is 8.00.